The van der Waals surface area contributed by atoms with E-state index in [-0.39, 0.29) is 18.3 Å². The zero-order valence-corrected chi connectivity index (χ0v) is 11.7. The molecule has 5 N–H and O–H groups in total. The first-order chi connectivity index (χ1) is 8.92. The number of nitrogens with zero attached hydrogens (tertiary/aromatic N) is 1. The third-order valence-corrected chi connectivity index (χ3v) is 2.76. The van der Waals surface area contributed by atoms with E-state index in [1.54, 1.807) is 19.1 Å². The van der Waals surface area contributed by atoms with Crippen LogP contribution in [0.15, 0.2) is 23.4 Å². The summed E-state index contributed by atoms with van der Waals surface area (Å²) in [5.41, 5.74) is 5.74. The van der Waals surface area contributed by atoms with E-state index < -0.39 is 6.03 Å². The molecule has 0 spiro atoms. The fourth-order valence-corrected chi connectivity index (χ4v) is 1.72. The van der Waals surface area contributed by atoms with E-state index in [1.807, 2.05) is 0 Å². The first kappa shape index (κ1) is 15.4. The zero-order valence-electron chi connectivity index (χ0n) is 10.2. The molecule has 1 aromatic carbocycles. The van der Waals surface area contributed by atoms with E-state index in [4.69, 9.17) is 34.1 Å². The van der Waals surface area contributed by atoms with Crippen LogP contribution in [-0.4, -0.2) is 23.1 Å². The number of carbonyl (C=O) groups is 1. The van der Waals surface area contributed by atoms with Gasteiger partial charge < -0.3 is 21.6 Å². The lowest BCUT2D eigenvalue weighted by molar-refractivity contribution is 0.249. The molecule has 1 aromatic rings. The lowest BCUT2D eigenvalue weighted by Crippen LogP contribution is -2.38. The van der Waals surface area contributed by atoms with E-state index in [0.717, 1.165) is 0 Å². The Bertz CT molecular complexity index is 494. The molecule has 1 atom stereocenters. The highest BCUT2D eigenvalue weighted by Gasteiger charge is 2.11. The summed E-state index contributed by atoms with van der Waals surface area (Å²) in [5, 5.41) is 17.3. The van der Waals surface area contributed by atoms with Crippen molar-refractivity contribution in [2.45, 2.75) is 19.4 Å². The second-order valence-corrected chi connectivity index (χ2v) is 4.76. The molecule has 0 bridgehead atoms. The van der Waals surface area contributed by atoms with Crippen LogP contribution in [0, 0.1) is 0 Å². The van der Waals surface area contributed by atoms with E-state index in [9.17, 15) is 4.79 Å². The van der Waals surface area contributed by atoms with Gasteiger partial charge in [0.1, 0.15) is 5.84 Å². The minimum Gasteiger partial charge on any atom is -0.409 e. The Kier molecular flexibility index (Phi) is 5.72. The Labute approximate surface area is 120 Å². The fourth-order valence-electron chi connectivity index (χ4n) is 1.38. The highest BCUT2D eigenvalue weighted by atomic mass is 35.5. The van der Waals surface area contributed by atoms with Crippen molar-refractivity contribution >= 4 is 40.8 Å². The number of halogens is 2. The molecule has 0 aromatic heterocycles. The number of rotatable bonds is 4. The minimum absolute atomic E-state index is 0.0357. The van der Waals surface area contributed by atoms with E-state index in [0.29, 0.717) is 15.7 Å². The Hall–Kier alpha value is -1.66. The summed E-state index contributed by atoms with van der Waals surface area (Å²) < 4.78 is 0. The SMILES string of the molecule is CC(CC(N)=NO)NC(=O)Nc1cc(Cl)ccc1Cl. The van der Waals surface area contributed by atoms with Gasteiger partial charge in [-0.1, -0.05) is 28.4 Å². The number of nitrogens with one attached hydrogen (secondary N) is 2. The van der Waals surface area contributed by atoms with Crippen LogP contribution in [-0.2, 0) is 0 Å². The number of hydrogen-bond donors (Lipinski definition) is 4. The maximum Gasteiger partial charge on any atom is 0.319 e. The topological polar surface area (TPSA) is 99.7 Å². The van der Waals surface area contributed by atoms with Crippen LogP contribution >= 0.6 is 23.2 Å². The highest BCUT2D eigenvalue weighted by molar-refractivity contribution is 6.35. The van der Waals surface area contributed by atoms with Gasteiger partial charge in [0.05, 0.1) is 10.7 Å². The third kappa shape index (κ3) is 5.23. The number of benzene rings is 1. The van der Waals surface area contributed by atoms with Crippen LogP contribution in [0.3, 0.4) is 0 Å². The summed E-state index contributed by atoms with van der Waals surface area (Å²) in [5.74, 6) is 0.0357. The van der Waals surface area contributed by atoms with Crippen LogP contribution in [0.25, 0.3) is 0 Å². The van der Waals surface area contributed by atoms with Crippen molar-refractivity contribution in [2.75, 3.05) is 5.32 Å². The fraction of sp³-hybridized carbons (Fsp3) is 0.273. The number of nitrogens with two attached hydrogens (primary N) is 1. The Balaban J connectivity index is 2.58. The average Bonchev–Trinajstić information content (AvgIpc) is 2.33. The number of oxime groups is 1. The lowest BCUT2D eigenvalue weighted by atomic mass is 10.2. The van der Waals surface area contributed by atoms with Gasteiger partial charge in [-0.15, -0.1) is 0 Å². The van der Waals surface area contributed by atoms with Gasteiger partial charge in [-0.25, -0.2) is 4.79 Å². The first-order valence-electron chi connectivity index (χ1n) is 5.41. The molecule has 19 heavy (non-hydrogen) atoms. The predicted octanol–water partition coefficient (Wildman–Crippen LogP) is 2.64. The molecule has 8 heteroatoms. The van der Waals surface area contributed by atoms with Crippen LogP contribution in [0.5, 0.6) is 0 Å². The van der Waals surface area contributed by atoms with Crippen molar-refractivity contribution in [1.29, 1.82) is 0 Å². The molecule has 0 aliphatic carbocycles. The van der Waals surface area contributed by atoms with Gasteiger partial charge in [0.15, 0.2) is 0 Å². The van der Waals surface area contributed by atoms with Gasteiger partial charge in [-0.2, -0.15) is 0 Å². The van der Waals surface area contributed by atoms with Gasteiger partial charge in [0.2, 0.25) is 0 Å². The number of carbonyl (C=O) groups excluding carboxylic acids is 1. The smallest absolute Gasteiger partial charge is 0.319 e. The monoisotopic (exact) mass is 304 g/mol. The standard InChI is InChI=1S/C11H14Cl2N4O2/c1-6(4-10(14)17-19)15-11(18)16-9-5-7(12)2-3-8(9)13/h2-3,5-6,19H,4H2,1H3,(H2,14,17)(H2,15,16,18). The molecule has 0 radical (unpaired) electrons. The van der Waals surface area contributed by atoms with Gasteiger partial charge >= 0.3 is 6.03 Å². The van der Waals surface area contributed by atoms with Gasteiger partial charge in [-0.05, 0) is 25.1 Å². The molecule has 0 fully saturated rings. The minimum atomic E-state index is -0.456. The largest absolute Gasteiger partial charge is 0.409 e. The van der Waals surface area contributed by atoms with Gasteiger partial charge in [-0.3, -0.25) is 0 Å². The second-order valence-electron chi connectivity index (χ2n) is 3.92. The molecular weight excluding hydrogens is 291 g/mol. The number of amides is 2. The Morgan fingerprint density at radius 3 is 2.84 bits per heavy atom. The summed E-state index contributed by atoms with van der Waals surface area (Å²) in [7, 11) is 0. The van der Waals surface area contributed by atoms with Crippen molar-refractivity contribution < 1.29 is 10.0 Å². The van der Waals surface area contributed by atoms with Crippen molar-refractivity contribution in [2.24, 2.45) is 10.9 Å². The third-order valence-electron chi connectivity index (χ3n) is 2.20. The molecule has 6 nitrogen and oxygen atoms in total. The summed E-state index contributed by atoms with van der Waals surface area (Å²) in [6.45, 7) is 1.72. The maximum absolute atomic E-state index is 11.7. The van der Waals surface area contributed by atoms with E-state index in [2.05, 4.69) is 15.8 Å². The van der Waals surface area contributed by atoms with Crippen LogP contribution in [0.4, 0.5) is 10.5 Å². The van der Waals surface area contributed by atoms with Crippen molar-refractivity contribution in [3.8, 4) is 0 Å². The molecule has 0 heterocycles. The average molecular weight is 305 g/mol. The molecular formula is C11H14Cl2N4O2. The second kappa shape index (κ2) is 7.06. The van der Waals surface area contributed by atoms with Crippen molar-refractivity contribution in [3.63, 3.8) is 0 Å². The van der Waals surface area contributed by atoms with Crippen LogP contribution in [0.2, 0.25) is 10.0 Å². The van der Waals surface area contributed by atoms with E-state index in [1.165, 1.54) is 6.07 Å². The zero-order chi connectivity index (χ0) is 14.4. The molecule has 0 saturated heterocycles. The summed E-state index contributed by atoms with van der Waals surface area (Å²) in [6.07, 6.45) is 0.229. The van der Waals surface area contributed by atoms with Gasteiger partial charge in [0, 0.05) is 17.5 Å². The van der Waals surface area contributed by atoms with Crippen LogP contribution in [0.1, 0.15) is 13.3 Å². The summed E-state index contributed by atoms with van der Waals surface area (Å²) >= 11 is 11.7. The first-order valence-corrected chi connectivity index (χ1v) is 6.17. The molecule has 1 rings (SSSR count). The molecule has 0 aliphatic heterocycles. The normalized spacial score (nSPS) is 12.9. The number of hydrogen-bond acceptors (Lipinski definition) is 3. The Morgan fingerprint density at radius 1 is 1.53 bits per heavy atom. The van der Waals surface area contributed by atoms with E-state index >= 15 is 0 Å². The summed E-state index contributed by atoms with van der Waals surface area (Å²) in [4.78, 5) is 11.7. The Morgan fingerprint density at radius 2 is 2.21 bits per heavy atom. The van der Waals surface area contributed by atoms with Crippen LogP contribution < -0.4 is 16.4 Å². The molecule has 2 amide bonds. The molecule has 1 unspecified atom stereocenters. The molecule has 104 valence electrons. The molecule has 0 aliphatic rings. The maximum atomic E-state index is 11.7. The predicted molar refractivity (Wildman–Crippen MR) is 76.1 cm³/mol. The number of anilines is 1. The van der Waals surface area contributed by atoms with Crippen molar-refractivity contribution in [1.82, 2.24) is 5.32 Å². The quantitative estimate of drug-likeness (QED) is 0.298. The highest BCUT2D eigenvalue weighted by Crippen LogP contribution is 2.25. The molecule has 0 saturated carbocycles. The number of urea groups is 1. The lowest BCUT2D eigenvalue weighted by Gasteiger charge is -2.14. The number of amidine groups is 1. The summed E-state index contributed by atoms with van der Waals surface area (Å²) in [6, 6.07) is 3.99. The van der Waals surface area contributed by atoms with Crippen molar-refractivity contribution in [3.05, 3.63) is 28.2 Å². The van der Waals surface area contributed by atoms with Gasteiger partial charge in [0.25, 0.3) is 0 Å².